The number of hydrogen-bond donors (Lipinski definition) is 1. The highest BCUT2D eigenvalue weighted by Gasteiger charge is 2.19. The first kappa shape index (κ1) is 14.7. The summed E-state index contributed by atoms with van der Waals surface area (Å²) in [5.41, 5.74) is 1.91. The lowest BCUT2D eigenvalue weighted by atomic mass is 10.0. The molecule has 106 valence electrons. The summed E-state index contributed by atoms with van der Waals surface area (Å²) in [6.45, 7) is 4.10. The molecule has 2 aromatic rings. The van der Waals surface area contributed by atoms with Crippen molar-refractivity contribution in [2.75, 3.05) is 0 Å². The Kier molecular flexibility index (Phi) is 5.24. The molecule has 0 aliphatic carbocycles. The van der Waals surface area contributed by atoms with Crippen LogP contribution in [-0.4, -0.2) is 15.5 Å². The topological polar surface area (TPSA) is 54.9 Å². The van der Waals surface area contributed by atoms with Crippen molar-refractivity contribution in [3.8, 4) is 0 Å². The monoisotopic (exact) mass is 289 g/mol. The van der Waals surface area contributed by atoms with Gasteiger partial charge < -0.3 is 5.32 Å². The summed E-state index contributed by atoms with van der Waals surface area (Å²) < 4.78 is 3.87. The molecule has 0 aliphatic heterocycles. The molecule has 1 amide bonds. The number of benzene rings is 1. The predicted octanol–water partition coefficient (Wildman–Crippen LogP) is 3.37. The third-order valence-electron chi connectivity index (χ3n) is 3.18. The number of aromatic nitrogens is 2. The van der Waals surface area contributed by atoms with Gasteiger partial charge in [0, 0.05) is 0 Å². The molecular formula is C15H19N3OS. The summed E-state index contributed by atoms with van der Waals surface area (Å²) >= 11 is 1.16. The number of rotatable bonds is 6. The van der Waals surface area contributed by atoms with E-state index in [9.17, 15) is 4.79 Å². The molecule has 0 spiro atoms. The second-order valence-electron chi connectivity index (χ2n) is 4.63. The molecule has 2 rings (SSSR count). The minimum Gasteiger partial charge on any atom is -0.344 e. The maximum atomic E-state index is 12.4. The molecular weight excluding hydrogens is 270 g/mol. The lowest BCUT2D eigenvalue weighted by molar-refractivity contribution is 0.0937. The first-order valence-electron chi connectivity index (χ1n) is 6.93. The lowest BCUT2D eigenvalue weighted by Crippen LogP contribution is -2.28. The predicted molar refractivity (Wildman–Crippen MR) is 80.8 cm³/mol. The van der Waals surface area contributed by atoms with Gasteiger partial charge in [0.2, 0.25) is 0 Å². The highest BCUT2D eigenvalue weighted by Crippen LogP contribution is 2.20. The Morgan fingerprint density at radius 2 is 2.05 bits per heavy atom. The minimum atomic E-state index is -0.0702. The van der Waals surface area contributed by atoms with Gasteiger partial charge in [-0.2, -0.15) is 0 Å². The van der Waals surface area contributed by atoms with Crippen LogP contribution in [0.15, 0.2) is 30.3 Å². The first-order valence-corrected chi connectivity index (χ1v) is 7.70. The zero-order chi connectivity index (χ0) is 14.4. The fraction of sp³-hybridized carbons (Fsp3) is 0.400. The molecule has 0 saturated heterocycles. The molecule has 0 saturated carbocycles. The van der Waals surface area contributed by atoms with Crippen LogP contribution in [0.3, 0.4) is 0 Å². The van der Waals surface area contributed by atoms with Gasteiger partial charge in [-0.15, -0.1) is 5.10 Å². The van der Waals surface area contributed by atoms with Gasteiger partial charge in [0.1, 0.15) is 4.88 Å². The Bertz CT molecular complexity index is 553. The van der Waals surface area contributed by atoms with Gasteiger partial charge in [-0.25, -0.2) is 0 Å². The number of nitrogens with zero attached hydrogens (tertiary/aromatic N) is 2. The highest BCUT2D eigenvalue weighted by atomic mass is 32.1. The molecule has 1 aromatic carbocycles. The second-order valence-corrected chi connectivity index (χ2v) is 5.38. The van der Waals surface area contributed by atoms with Crippen LogP contribution in [0.5, 0.6) is 0 Å². The van der Waals surface area contributed by atoms with Crippen molar-refractivity contribution in [1.82, 2.24) is 14.9 Å². The maximum absolute atomic E-state index is 12.4. The zero-order valence-electron chi connectivity index (χ0n) is 11.8. The van der Waals surface area contributed by atoms with E-state index in [4.69, 9.17) is 0 Å². The lowest BCUT2D eigenvalue weighted by Gasteiger charge is -2.18. The standard InChI is InChI=1S/C15H19N3OS/c1-3-8-13(11-9-6-5-7-10-11)16-15(19)14-12(4-2)17-18-20-14/h5-7,9-10,13H,3-4,8H2,1-2H3,(H,16,19)/t13-/m1/s1. The van der Waals surface area contributed by atoms with Crippen LogP contribution in [0, 0.1) is 0 Å². The third kappa shape index (κ3) is 3.42. The van der Waals surface area contributed by atoms with Crippen molar-refractivity contribution >= 4 is 17.4 Å². The molecule has 5 heteroatoms. The fourth-order valence-electron chi connectivity index (χ4n) is 2.13. The number of carbonyl (C=O) groups is 1. The van der Waals surface area contributed by atoms with Gasteiger partial charge in [0.25, 0.3) is 5.91 Å². The van der Waals surface area contributed by atoms with Crippen molar-refractivity contribution in [2.45, 2.75) is 39.2 Å². The summed E-state index contributed by atoms with van der Waals surface area (Å²) in [5.74, 6) is -0.0702. The molecule has 4 nitrogen and oxygen atoms in total. The average molecular weight is 289 g/mol. The van der Waals surface area contributed by atoms with Gasteiger partial charge >= 0.3 is 0 Å². The molecule has 20 heavy (non-hydrogen) atoms. The Morgan fingerprint density at radius 3 is 2.70 bits per heavy atom. The normalized spacial score (nSPS) is 12.1. The van der Waals surface area contributed by atoms with Crippen LogP contribution in [0.25, 0.3) is 0 Å². The Labute approximate surface area is 123 Å². The van der Waals surface area contributed by atoms with Crippen LogP contribution in [0.2, 0.25) is 0 Å². The van der Waals surface area contributed by atoms with Crippen molar-refractivity contribution in [1.29, 1.82) is 0 Å². The molecule has 0 radical (unpaired) electrons. The van der Waals surface area contributed by atoms with Crippen LogP contribution in [-0.2, 0) is 6.42 Å². The molecule has 0 fully saturated rings. The molecule has 1 aromatic heterocycles. The SMILES string of the molecule is CCC[C@@H](NC(=O)c1snnc1CC)c1ccccc1. The number of hydrogen-bond acceptors (Lipinski definition) is 4. The number of aryl methyl sites for hydroxylation is 1. The van der Waals surface area contributed by atoms with E-state index in [0.29, 0.717) is 4.88 Å². The maximum Gasteiger partial charge on any atom is 0.265 e. The molecule has 0 bridgehead atoms. The largest absolute Gasteiger partial charge is 0.344 e. The quantitative estimate of drug-likeness (QED) is 0.887. The van der Waals surface area contributed by atoms with Crippen LogP contribution < -0.4 is 5.32 Å². The molecule has 1 atom stereocenters. The van der Waals surface area contributed by atoms with Crippen molar-refractivity contribution in [3.05, 3.63) is 46.5 Å². The van der Waals surface area contributed by atoms with E-state index in [1.54, 1.807) is 0 Å². The zero-order valence-corrected chi connectivity index (χ0v) is 12.6. The van der Waals surface area contributed by atoms with E-state index in [1.165, 1.54) is 0 Å². The van der Waals surface area contributed by atoms with Crippen molar-refractivity contribution in [2.24, 2.45) is 0 Å². The summed E-state index contributed by atoms with van der Waals surface area (Å²) in [7, 11) is 0. The Morgan fingerprint density at radius 1 is 1.30 bits per heavy atom. The van der Waals surface area contributed by atoms with Gasteiger partial charge in [-0.1, -0.05) is 55.1 Å². The van der Waals surface area contributed by atoms with Crippen molar-refractivity contribution < 1.29 is 4.79 Å². The number of carbonyl (C=O) groups excluding carboxylic acids is 1. The van der Waals surface area contributed by atoms with Crippen LogP contribution in [0.4, 0.5) is 0 Å². The Hall–Kier alpha value is -1.75. The summed E-state index contributed by atoms with van der Waals surface area (Å²) in [6.07, 6.45) is 2.66. The average Bonchev–Trinajstić information content (AvgIpc) is 2.96. The molecule has 0 aliphatic rings. The fourth-order valence-corrected chi connectivity index (χ4v) is 2.79. The molecule has 0 unspecified atom stereocenters. The van der Waals surface area contributed by atoms with Gasteiger partial charge in [-0.3, -0.25) is 4.79 Å². The molecule has 1 heterocycles. The van der Waals surface area contributed by atoms with Crippen molar-refractivity contribution in [3.63, 3.8) is 0 Å². The number of amides is 1. The summed E-state index contributed by atoms with van der Waals surface area (Å²) in [6, 6.07) is 10.1. The van der Waals surface area contributed by atoms with E-state index in [1.807, 2.05) is 37.3 Å². The van der Waals surface area contributed by atoms with Gasteiger partial charge in [0.05, 0.1) is 11.7 Å². The first-order chi connectivity index (χ1) is 9.76. The Balaban J connectivity index is 2.14. The second kappa shape index (κ2) is 7.14. The minimum absolute atomic E-state index is 0.0421. The van der Waals surface area contributed by atoms with E-state index < -0.39 is 0 Å². The van der Waals surface area contributed by atoms with Crippen LogP contribution in [0.1, 0.15) is 53.7 Å². The van der Waals surface area contributed by atoms with E-state index in [-0.39, 0.29) is 11.9 Å². The smallest absolute Gasteiger partial charge is 0.265 e. The van der Waals surface area contributed by atoms with Crippen LogP contribution >= 0.6 is 11.5 Å². The van der Waals surface area contributed by atoms with Gasteiger partial charge in [0.15, 0.2) is 0 Å². The molecule has 1 N–H and O–H groups in total. The van der Waals surface area contributed by atoms with E-state index >= 15 is 0 Å². The van der Waals surface area contributed by atoms with E-state index in [0.717, 1.165) is 42.1 Å². The van der Waals surface area contributed by atoms with Gasteiger partial charge in [-0.05, 0) is 29.9 Å². The third-order valence-corrected chi connectivity index (χ3v) is 3.95. The highest BCUT2D eigenvalue weighted by molar-refractivity contribution is 7.08. The summed E-state index contributed by atoms with van der Waals surface area (Å²) in [5, 5.41) is 7.09. The number of nitrogens with one attached hydrogen (secondary N) is 1. The van der Waals surface area contributed by atoms with E-state index in [2.05, 4.69) is 21.8 Å². The summed E-state index contributed by atoms with van der Waals surface area (Å²) in [4.78, 5) is 13.0.